The van der Waals surface area contributed by atoms with E-state index in [1.165, 1.54) is 0 Å². The van der Waals surface area contributed by atoms with E-state index in [4.69, 9.17) is 0 Å². The van der Waals surface area contributed by atoms with Gasteiger partial charge in [-0.3, -0.25) is 4.90 Å². The van der Waals surface area contributed by atoms with Crippen molar-refractivity contribution in [2.45, 2.75) is 70.6 Å². The molecule has 1 heterocycles. The van der Waals surface area contributed by atoms with Crippen LogP contribution in [0.3, 0.4) is 0 Å². The van der Waals surface area contributed by atoms with Gasteiger partial charge in [-0.1, -0.05) is 6.92 Å². The molecule has 2 heteroatoms. The van der Waals surface area contributed by atoms with Crippen molar-refractivity contribution in [3.8, 4) is 0 Å². The minimum Gasteiger partial charge on any atom is -0.390 e. The first-order valence-corrected chi connectivity index (χ1v) is 5.59. The van der Waals surface area contributed by atoms with Crippen molar-refractivity contribution in [2.75, 3.05) is 7.05 Å². The predicted molar refractivity (Wildman–Crippen MR) is 60.4 cm³/mol. The Balaban J connectivity index is 2.97. The van der Waals surface area contributed by atoms with E-state index in [1.54, 1.807) is 0 Å². The second-order valence-corrected chi connectivity index (χ2v) is 6.12. The molecule has 0 saturated carbocycles. The van der Waals surface area contributed by atoms with Gasteiger partial charge >= 0.3 is 0 Å². The molecule has 0 aromatic heterocycles. The number of likely N-dealkylation sites (tertiary alicyclic amines) is 1. The molecule has 0 radical (unpaired) electrons. The van der Waals surface area contributed by atoms with Crippen LogP contribution in [0.25, 0.3) is 0 Å². The van der Waals surface area contributed by atoms with Crippen molar-refractivity contribution in [3.05, 3.63) is 0 Å². The lowest BCUT2D eigenvalue weighted by Gasteiger charge is -2.56. The molecule has 0 atom stereocenters. The fourth-order valence-electron chi connectivity index (χ4n) is 2.98. The van der Waals surface area contributed by atoms with Crippen LogP contribution in [0.4, 0.5) is 0 Å². The summed E-state index contributed by atoms with van der Waals surface area (Å²) in [6.45, 7) is 10.9. The highest BCUT2D eigenvalue weighted by Crippen LogP contribution is 2.43. The topological polar surface area (TPSA) is 23.5 Å². The summed E-state index contributed by atoms with van der Waals surface area (Å²) in [5.74, 6) is 0. The lowest BCUT2D eigenvalue weighted by Crippen LogP contribution is -2.63. The van der Waals surface area contributed by atoms with Gasteiger partial charge in [-0.05, 0) is 54.0 Å². The van der Waals surface area contributed by atoms with Crippen molar-refractivity contribution >= 4 is 0 Å². The second kappa shape index (κ2) is 3.21. The van der Waals surface area contributed by atoms with E-state index in [2.05, 4.69) is 46.6 Å². The monoisotopic (exact) mass is 199 g/mol. The Bertz CT molecular complexity index is 197. The first kappa shape index (κ1) is 12.0. The Morgan fingerprint density at radius 1 is 1.07 bits per heavy atom. The molecule has 0 aliphatic carbocycles. The first-order valence-electron chi connectivity index (χ1n) is 5.59. The van der Waals surface area contributed by atoms with Gasteiger partial charge in [0.25, 0.3) is 0 Å². The van der Waals surface area contributed by atoms with Crippen LogP contribution in [-0.2, 0) is 0 Å². The van der Waals surface area contributed by atoms with Crippen LogP contribution in [0.2, 0.25) is 0 Å². The normalized spacial score (nSPS) is 30.2. The van der Waals surface area contributed by atoms with Gasteiger partial charge in [-0.15, -0.1) is 0 Å². The molecule has 1 aliphatic heterocycles. The van der Waals surface area contributed by atoms with Crippen LogP contribution < -0.4 is 0 Å². The van der Waals surface area contributed by atoms with E-state index in [1.807, 2.05) is 0 Å². The Morgan fingerprint density at radius 2 is 1.43 bits per heavy atom. The summed E-state index contributed by atoms with van der Waals surface area (Å²) in [5, 5.41) is 10.4. The SMILES string of the molecule is CCC1(O)CC(C)(C)N(C)C(C)(C)C1. The van der Waals surface area contributed by atoms with Crippen LogP contribution in [0.1, 0.15) is 53.9 Å². The summed E-state index contributed by atoms with van der Waals surface area (Å²) in [5.41, 5.74) is -0.293. The number of aliphatic hydroxyl groups is 1. The van der Waals surface area contributed by atoms with Crippen molar-refractivity contribution in [3.63, 3.8) is 0 Å². The van der Waals surface area contributed by atoms with Crippen LogP contribution in [0, 0.1) is 0 Å². The highest BCUT2D eigenvalue weighted by Gasteiger charge is 2.48. The fourth-order valence-corrected chi connectivity index (χ4v) is 2.98. The molecule has 84 valence electrons. The van der Waals surface area contributed by atoms with Crippen LogP contribution in [-0.4, -0.2) is 33.7 Å². The largest absolute Gasteiger partial charge is 0.390 e. The Labute approximate surface area is 88.3 Å². The first-order chi connectivity index (χ1) is 6.13. The predicted octanol–water partition coefficient (Wildman–Crippen LogP) is 2.41. The summed E-state index contributed by atoms with van der Waals surface area (Å²) in [6, 6.07) is 0. The maximum atomic E-state index is 10.4. The average molecular weight is 199 g/mol. The average Bonchev–Trinajstić information content (AvgIpc) is 1.99. The van der Waals surface area contributed by atoms with Gasteiger partial charge in [-0.2, -0.15) is 0 Å². The number of piperidine rings is 1. The van der Waals surface area contributed by atoms with E-state index in [-0.39, 0.29) is 11.1 Å². The molecule has 0 aromatic rings. The lowest BCUT2D eigenvalue weighted by atomic mass is 9.70. The van der Waals surface area contributed by atoms with Crippen LogP contribution >= 0.6 is 0 Å². The third kappa shape index (κ3) is 1.96. The number of hydrogen-bond donors (Lipinski definition) is 1. The number of hydrogen-bond acceptors (Lipinski definition) is 2. The highest BCUT2D eigenvalue weighted by atomic mass is 16.3. The molecule has 0 amide bonds. The Hall–Kier alpha value is -0.0800. The zero-order valence-electron chi connectivity index (χ0n) is 10.5. The molecule has 1 fully saturated rings. The standard InChI is InChI=1S/C12H25NO/c1-7-12(14)8-10(2,3)13(6)11(4,5)9-12/h14H,7-9H2,1-6H3. The van der Waals surface area contributed by atoms with Gasteiger partial charge in [0.15, 0.2) is 0 Å². The lowest BCUT2D eigenvalue weighted by molar-refractivity contribution is -0.125. The van der Waals surface area contributed by atoms with Crippen LogP contribution in [0.5, 0.6) is 0 Å². The van der Waals surface area contributed by atoms with Gasteiger partial charge < -0.3 is 5.11 Å². The van der Waals surface area contributed by atoms with E-state index in [0.717, 1.165) is 19.3 Å². The molecule has 0 unspecified atom stereocenters. The highest BCUT2D eigenvalue weighted by molar-refractivity contribution is 5.04. The van der Waals surface area contributed by atoms with Gasteiger partial charge in [0.2, 0.25) is 0 Å². The third-order valence-electron chi connectivity index (χ3n) is 4.00. The zero-order valence-corrected chi connectivity index (χ0v) is 10.5. The molecule has 14 heavy (non-hydrogen) atoms. The van der Waals surface area contributed by atoms with Crippen LogP contribution in [0.15, 0.2) is 0 Å². The quantitative estimate of drug-likeness (QED) is 0.701. The molecule has 1 aliphatic rings. The van der Waals surface area contributed by atoms with Crippen molar-refractivity contribution < 1.29 is 5.11 Å². The van der Waals surface area contributed by atoms with E-state index in [9.17, 15) is 5.11 Å². The summed E-state index contributed by atoms with van der Waals surface area (Å²) in [6.07, 6.45) is 2.60. The summed E-state index contributed by atoms with van der Waals surface area (Å²) >= 11 is 0. The summed E-state index contributed by atoms with van der Waals surface area (Å²) in [7, 11) is 2.16. The maximum absolute atomic E-state index is 10.4. The number of nitrogens with zero attached hydrogens (tertiary/aromatic N) is 1. The molecule has 1 N–H and O–H groups in total. The van der Waals surface area contributed by atoms with Crippen molar-refractivity contribution in [1.82, 2.24) is 4.90 Å². The van der Waals surface area contributed by atoms with Gasteiger partial charge in [0.05, 0.1) is 5.60 Å². The minimum absolute atomic E-state index is 0.0898. The third-order valence-corrected chi connectivity index (χ3v) is 4.00. The molecule has 0 spiro atoms. The molecule has 0 bridgehead atoms. The number of rotatable bonds is 1. The Kier molecular flexibility index (Phi) is 2.75. The van der Waals surface area contributed by atoms with Crippen molar-refractivity contribution in [2.24, 2.45) is 0 Å². The molecule has 1 rings (SSSR count). The summed E-state index contributed by atoms with van der Waals surface area (Å²) < 4.78 is 0. The van der Waals surface area contributed by atoms with E-state index in [0.29, 0.717) is 0 Å². The fraction of sp³-hybridized carbons (Fsp3) is 1.00. The van der Waals surface area contributed by atoms with Gasteiger partial charge in [0, 0.05) is 11.1 Å². The molecule has 2 nitrogen and oxygen atoms in total. The Morgan fingerprint density at radius 3 is 1.71 bits per heavy atom. The smallest absolute Gasteiger partial charge is 0.0680 e. The zero-order chi connectivity index (χ0) is 11.2. The molecular formula is C12H25NO. The molecular weight excluding hydrogens is 174 g/mol. The molecule has 0 aromatic carbocycles. The second-order valence-electron chi connectivity index (χ2n) is 6.12. The summed E-state index contributed by atoms with van der Waals surface area (Å²) in [4.78, 5) is 2.39. The van der Waals surface area contributed by atoms with Crippen molar-refractivity contribution in [1.29, 1.82) is 0 Å². The van der Waals surface area contributed by atoms with Gasteiger partial charge in [0.1, 0.15) is 0 Å². The maximum Gasteiger partial charge on any atom is 0.0680 e. The van der Waals surface area contributed by atoms with E-state index >= 15 is 0 Å². The minimum atomic E-state index is -0.473. The van der Waals surface area contributed by atoms with Gasteiger partial charge in [-0.25, -0.2) is 0 Å². The van der Waals surface area contributed by atoms with E-state index < -0.39 is 5.60 Å². The molecule has 1 saturated heterocycles.